The first-order valence-corrected chi connectivity index (χ1v) is 7.67. The van der Waals surface area contributed by atoms with Gasteiger partial charge in [-0.05, 0) is 67.2 Å². The fourth-order valence-electron chi connectivity index (χ4n) is 3.60. The second kappa shape index (κ2) is 5.38. The molecule has 0 aliphatic heterocycles. The molecule has 108 valence electrons. The van der Waals surface area contributed by atoms with Crippen LogP contribution in [0.5, 0.6) is 0 Å². The molecule has 4 heteroatoms. The summed E-state index contributed by atoms with van der Waals surface area (Å²) in [7, 11) is 0. The summed E-state index contributed by atoms with van der Waals surface area (Å²) in [5.74, 6) is -0.752. The van der Waals surface area contributed by atoms with E-state index in [1.807, 2.05) is 6.07 Å². The van der Waals surface area contributed by atoms with Crippen molar-refractivity contribution in [3.63, 3.8) is 0 Å². The molecule has 2 aliphatic rings. The molecule has 0 bridgehead atoms. The van der Waals surface area contributed by atoms with Gasteiger partial charge in [0, 0.05) is 5.02 Å². The zero-order chi connectivity index (χ0) is 14.3. The van der Waals surface area contributed by atoms with E-state index >= 15 is 0 Å². The molecular weight excluding hydrogens is 276 g/mol. The van der Waals surface area contributed by atoms with Crippen molar-refractivity contribution in [3.05, 3.63) is 33.8 Å². The summed E-state index contributed by atoms with van der Waals surface area (Å²) >= 11 is 6.39. The molecule has 1 fully saturated rings. The maximum Gasteiger partial charge on any atom is 0.310 e. The molecule has 0 heterocycles. The number of rotatable bonds is 2. The van der Waals surface area contributed by atoms with Gasteiger partial charge in [0.05, 0.1) is 12.0 Å². The number of aryl methyl sites for hydroxylation is 1. The third kappa shape index (κ3) is 2.45. The highest BCUT2D eigenvalue weighted by Gasteiger charge is 2.31. The molecular formula is C16H19ClO3. The summed E-state index contributed by atoms with van der Waals surface area (Å²) in [5, 5.41) is 19.5. The van der Waals surface area contributed by atoms with Crippen LogP contribution in [-0.2, 0) is 11.2 Å². The molecule has 1 atom stereocenters. The van der Waals surface area contributed by atoms with Gasteiger partial charge in [-0.15, -0.1) is 0 Å². The Kier molecular flexibility index (Phi) is 3.74. The lowest BCUT2D eigenvalue weighted by Gasteiger charge is -2.27. The van der Waals surface area contributed by atoms with Gasteiger partial charge in [0.25, 0.3) is 0 Å². The van der Waals surface area contributed by atoms with Crippen molar-refractivity contribution >= 4 is 17.6 Å². The van der Waals surface area contributed by atoms with E-state index in [1.54, 1.807) is 0 Å². The summed E-state index contributed by atoms with van der Waals surface area (Å²) in [4.78, 5) is 11.2. The topological polar surface area (TPSA) is 57.5 Å². The highest BCUT2D eigenvalue weighted by atomic mass is 35.5. The van der Waals surface area contributed by atoms with Crippen LogP contribution >= 0.6 is 11.6 Å². The van der Waals surface area contributed by atoms with Crippen molar-refractivity contribution in [2.24, 2.45) is 0 Å². The summed E-state index contributed by atoms with van der Waals surface area (Å²) in [6.45, 7) is 0. The number of halogens is 1. The molecule has 1 aromatic carbocycles. The maximum atomic E-state index is 11.2. The molecule has 2 N–H and O–H groups in total. The van der Waals surface area contributed by atoms with E-state index in [4.69, 9.17) is 11.6 Å². The fourth-order valence-corrected chi connectivity index (χ4v) is 3.93. The molecule has 0 amide bonds. The van der Waals surface area contributed by atoms with Crippen molar-refractivity contribution < 1.29 is 15.0 Å². The number of hydrogen-bond donors (Lipinski definition) is 2. The van der Waals surface area contributed by atoms with Gasteiger partial charge in [-0.3, -0.25) is 4.79 Å². The van der Waals surface area contributed by atoms with Gasteiger partial charge in [-0.25, -0.2) is 0 Å². The largest absolute Gasteiger partial charge is 0.481 e. The maximum absolute atomic E-state index is 11.2. The zero-order valence-corrected chi connectivity index (χ0v) is 12.1. The number of fused-ring (bicyclic) bond motifs is 1. The number of hydrogen-bond acceptors (Lipinski definition) is 2. The van der Waals surface area contributed by atoms with Crippen LogP contribution < -0.4 is 0 Å². The fraction of sp³-hybridized carbons (Fsp3) is 0.562. The van der Waals surface area contributed by atoms with E-state index < -0.39 is 11.9 Å². The summed E-state index contributed by atoms with van der Waals surface area (Å²) in [5.41, 5.74) is 3.17. The van der Waals surface area contributed by atoms with E-state index in [-0.39, 0.29) is 6.10 Å². The van der Waals surface area contributed by atoms with Crippen LogP contribution in [0.4, 0.5) is 0 Å². The molecule has 0 aromatic heterocycles. The van der Waals surface area contributed by atoms with Gasteiger partial charge >= 0.3 is 5.97 Å². The van der Waals surface area contributed by atoms with E-state index in [2.05, 4.69) is 6.07 Å². The predicted molar refractivity (Wildman–Crippen MR) is 77.4 cm³/mol. The highest BCUT2D eigenvalue weighted by Crippen LogP contribution is 2.42. The lowest BCUT2D eigenvalue weighted by atomic mass is 9.82. The first-order valence-electron chi connectivity index (χ1n) is 7.29. The third-order valence-electron chi connectivity index (χ3n) is 4.77. The Morgan fingerprint density at radius 2 is 1.80 bits per heavy atom. The molecule has 1 unspecified atom stereocenters. The minimum atomic E-state index is -0.756. The summed E-state index contributed by atoms with van der Waals surface area (Å²) < 4.78 is 0. The molecule has 1 saturated carbocycles. The second-order valence-electron chi connectivity index (χ2n) is 6.01. The molecule has 3 nitrogen and oxygen atoms in total. The van der Waals surface area contributed by atoms with Crippen LogP contribution in [0.1, 0.15) is 60.6 Å². The Balaban J connectivity index is 1.90. The van der Waals surface area contributed by atoms with Gasteiger partial charge in [0.2, 0.25) is 0 Å². The first kappa shape index (κ1) is 13.9. The number of aliphatic hydroxyl groups is 1. The van der Waals surface area contributed by atoms with Crippen LogP contribution in [0.3, 0.4) is 0 Å². The monoisotopic (exact) mass is 294 g/mol. The molecule has 0 saturated heterocycles. The number of benzene rings is 1. The Bertz CT molecular complexity index is 533. The number of aliphatic carboxylic acids is 1. The quantitative estimate of drug-likeness (QED) is 0.878. The zero-order valence-electron chi connectivity index (χ0n) is 11.3. The summed E-state index contributed by atoms with van der Waals surface area (Å²) in [6.07, 6.45) is 4.91. The molecule has 0 spiro atoms. The van der Waals surface area contributed by atoms with E-state index in [0.29, 0.717) is 17.4 Å². The second-order valence-corrected chi connectivity index (χ2v) is 6.41. The van der Waals surface area contributed by atoms with E-state index in [0.717, 1.165) is 48.8 Å². The van der Waals surface area contributed by atoms with E-state index in [1.165, 1.54) is 0 Å². The number of carboxylic acids is 1. The standard InChI is InChI=1S/C16H19ClO3/c17-15-8-13-10(3-6-12(13)16(19)20)7-14(15)9-1-4-11(18)5-2-9/h7-9,11-12,18H,1-6H2,(H,19,20). The third-order valence-corrected chi connectivity index (χ3v) is 5.10. The van der Waals surface area contributed by atoms with Crippen LogP contribution in [0.15, 0.2) is 12.1 Å². The average Bonchev–Trinajstić information content (AvgIpc) is 2.81. The van der Waals surface area contributed by atoms with Crippen LogP contribution in [0, 0.1) is 0 Å². The van der Waals surface area contributed by atoms with Gasteiger partial charge in [-0.2, -0.15) is 0 Å². The molecule has 1 aromatic rings. The number of carboxylic acid groups (broad SMARTS) is 1. The van der Waals surface area contributed by atoms with Gasteiger partial charge in [0.15, 0.2) is 0 Å². The molecule has 0 radical (unpaired) electrons. The van der Waals surface area contributed by atoms with Crippen molar-refractivity contribution in [1.29, 1.82) is 0 Å². The van der Waals surface area contributed by atoms with E-state index in [9.17, 15) is 15.0 Å². The van der Waals surface area contributed by atoms with Gasteiger partial charge in [0.1, 0.15) is 0 Å². The predicted octanol–water partition coefficient (Wildman–Crippen LogP) is 3.47. The van der Waals surface area contributed by atoms with Crippen LogP contribution in [0.25, 0.3) is 0 Å². The minimum absolute atomic E-state index is 0.171. The molecule has 3 rings (SSSR count). The molecule has 20 heavy (non-hydrogen) atoms. The summed E-state index contributed by atoms with van der Waals surface area (Å²) in [6, 6.07) is 3.98. The smallest absolute Gasteiger partial charge is 0.310 e. The molecule has 2 aliphatic carbocycles. The normalized spacial score (nSPS) is 29.2. The average molecular weight is 295 g/mol. The lowest BCUT2D eigenvalue weighted by molar-refractivity contribution is -0.138. The number of aliphatic hydroxyl groups excluding tert-OH is 1. The Hall–Kier alpha value is -1.06. The van der Waals surface area contributed by atoms with Crippen molar-refractivity contribution in [2.45, 2.75) is 56.5 Å². The lowest BCUT2D eigenvalue weighted by Crippen LogP contribution is -2.17. The number of carbonyl (C=O) groups is 1. The SMILES string of the molecule is O=C(O)C1CCc2cc(C3CCC(O)CC3)c(Cl)cc21. The Labute approximate surface area is 123 Å². The van der Waals surface area contributed by atoms with Crippen molar-refractivity contribution in [2.75, 3.05) is 0 Å². The van der Waals surface area contributed by atoms with Crippen LogP contribution in [-0.4, -0.2) is 22.3 Å². The van der Waals surface area contributed by atoms with Crippen LogP contribution in [0.2, 0.25) is 5.02 Å². The Morgan fingerprint density at radius 1 is 1.10 bits per heavy atom. The highest BCUT2D eigenvalue weighted by molar-refractivity contribution is 6.31. The van der Waals surface area contributed by atoms with Crippen molar-refractivity contribution in [1.82, 2.24) is 0 Å². The first-order chi connectivity index (χ1) is 9.56. The minimum Gasteiger partial charge on any atom is -0.481 e. The van der Waals surface area contributed by atoms with Gasteiger partial charge in [-0.1, -0.05) is 17.7 Å². The van der Waals surface area contributed by atoms with Crippen molar-refractivity contribution in [3.8, 4) is 0 Å². The Morgan fingerprint density at radius 3 is 2.45 bits per heavy atom. The van der Waals surface area contributed by atoms with Gasteiger partial charge < -0.3 is 10.2 Å².